The number of benzene rings is 2. The van der Waals surface area contributed by atoms with Gasteiger partial charge >= 0.3 is 0 Å². The molecule has 0 amide bonds. The summed E-state index contributed by atoms with van der Waals surface area (Å²) in [4.78, 5) is 4.66. The summed E-state index contributed by atoms with van der Waals surface area (Å²) in [6.07, 6.45) is 0. The topological polar surface area (TPSA) is 73.1 Å². The maximum Gasteiger partial charge on any atom is 0.238 e. The average molecular weight is 304 g/mol. The molecule has 0 saturated heterocycles. The predicted molar refractivity (Wildman–Crippen MR) is 81.2 cm³/mol. The van der Waals surface area contributed by atoms with Gasteiger partial charge in [-0.25, -0.2) is 18.5 Å². The maximum atomic E-state index is 11.5. The van der Waals surface area contributed by atoms with Gasteiger partial charge in [0.05, 0.1) is 15.1 Å². The normalized spacial score (nSPS) is 11.9. The van der Waals surface area contributed by atoms with Crippen molar-refractivity contribution in [1.29, 1.82) is 0 Å². The number of primary sulfonamides is 1. The molecular formula is C14H12N2O2S2. The van der Waals surface area contributed by atoms with Gasteiger partial charge in [-0.05, 0) is 36.8 Å². The number of thiazole rings is 1. The van der Waals surface area contributed by atoms with E-state index in [1.165, 1.54) is 17.4 Å². The zero-order valence-electron chi connectivity index (χ0n) is 10.7. The zero-order valence-corrected chi connectivity index (χ0v) is 12.3. The van der Waals surface area contributed by atoms with Crippen LogP contribution in [-0.2, 0) is 10.0 Å². The molecule has 0 spiro atoms. The largest absolute Gasteiger partial charge is 0.238 e. The third-order valence-corrected chi connectivity index (χ3v) is 5.04. The van der Waals surface area contributed by atoms with Gasteiger partial charge in [-0.1, -0.05) is 18.2 Å². The molecule has 0 aliphatic carbocycles. The lowest BCUT2D eigenvalue weighted by atomic mass is 10.1. The summed E-state index contributed by atoms with van der Waals surface area (Å²) >= 11 is 1.54. The zero-order chi connectivity index (χ0) is 14.3. The third kappa shape index (κ3) is 2.33. The van der Waals surface area contributed by atoms with Gasteiger partial charge in [-0.15, -0.1) is 11.3 Å². The summed E-state index contributed by atoms with van der Waals surface area (Å²) in [5.74, 6) is 0. The summed E-state index contributed by atoms with van der Waals surface area (Å²) in [5, 5.41) is 5.98. The molecule has 0 atom stereocenters. The lowest BCUT2D eigenvalue weighted by molar-refractivity contribution is 0.598. The van der Waals surface area contributed by atoms with Gasteiger partial charge in [0.15, 0.2) is 0 Å². The molecule has 0 radical (unpaired) electrons. The van der Waals surface area contributed by atoms with Crippen LogP contribution in [0.4, 0.5) is 0 Å². The molecule has 1 aromatic heterocycles. The molecule has 2 aromatic carbocycles. The second kappa shape index (κ2) is 4.66. The molecule has 3 aromatic rings. The number of para-hydroxylation sites is 1. The Morgan fingerprint density at radius 1 is 1.15 bits per heavy atom. The molecule has 2 N–H and O–H groups in total. The maximum absolute atomic E-state index is 11.5. The number of fused-ring (bicyclic) bond motifs is 1. The van der Waals surface area contributed by atoms with E-state index in [1.54, 1.807) is 12.1 Å². The second-order valence-corrected chi connectivity index (χ2v) is 7.10. The van der Waals surface area contributed by atoms with E-state index in [-0.39, 0.29) is 4.90 Å². The molecule has 20 heavy (non-hydrogen) atoms. The summed E-state index contributed by atoms with van der Waals surface area (Å²) in [7, 11) is -3.70. The molecule has 6 heteroatoms. The fourth-order valence-corrected chi connectivity index (χ4v) is 3.58. The van der Waals surface area contributed by atoms with Crippen molar-refractivity contribution in [1.82, 2.24) is 4.98 Å². The first-order valence-electron chi connectivity index (χ1n) is 5.94. The Balaban J connectivity index is 2.23. The number of aromatic nitrogens is 1. The Bertz CT molecular complexity index is 865. The smallest absolute Gasteiger partial charge is 0.236 e. The van der Waals surface area contributed by atoms with Crippen molar-refractivity contribution in [2.24, 2.45) is 5.14 Å². The summed E-state index contributed by atoms with van der Waals surface area (Å²) in [6.45, 7) is 1.92. The molecule has 1 heterocycles. The minimum absolute atomic E-state index is 0.109. The first-order valence-corrected chi connectivity index (χ1v) is 8.31. The van der Waals surface area contributed by atoms with E-state index in [2.05, 4.69) is 4.98 Å². The molecule has 0 fully saturated rings. The average Bonchev–Trinajstić information content (AvgIpc) is 2.81. The van der Waals surface area contributed by atoms with Crippen molar-refractivity contribution in [2.75, 3.05) is 0 Å². The Labute approximate surface area is 120 Å². The lowest BCUT2D eigenvalue weighted by Gasteiger charge is -2.05. The molecule has 3 rings (SSSR count). The quantitative estimate of drug-likeness (QED) is 0.791. The molecule has 0 saturated carbocycles. The van der Waals surface area contributed by atoms with E-state index in [1.807, 2.05) is 31.2 Å². The fraction of sp³-hybridized carbons (Fsp3) is 0.0714. The molecule has 4 nitrogen and oxygen atoms in total. The van der Waals surface area contributed by atoms with Crippen LogP contribution in [-0.4, -0.2) is 13.4 Å². The number of rotatable bonds is 2. The highest BCUT2D eigenvalue weighted by molar-refractivity contribution is 7.89. The van der Waals surface area contributed by atoms with Crippen molar-refractivity contribution in [3.05, 3.63) is 48.0 Å². The van der Waals surface area contributed by atoms with Crippen molar-refractivity contribution >= 4 is 31.6 Å². The fourth-order valence-electron chi connectivity index (χ4n) is 2.00. The van der Waals surface area contributed by atoms with Crippen molar-refractivity contribution in [2.45, 2.75) is 11.8 Å². The summed E-state index contributed by atoms with van der Waals surface area (Å²) < 4.78 is 24.0. The van der Waals surface area contributed by atoms with Crippen molar-refractivity contribution in [3.8, 4) is 10.6 Å². The van der Waals surface area contributed by atoms with Gasteiger partial charge in [0.1, 0.15) is 5.01 Å². The van der Waals surface area contributed by atoms with Gasteiger partial charge in [0, 0.05) is 5.56 Å². The van der Waals surface area contributed by atoms with Crippen LogP contribution in [0, 0.1) is 6.92 Å². The first kappa shape index (κ1) is 13.2. The lowest BCUT2D eigenvalue weighted by Crippen LogP contribution is -2.12. The number of hydrogen-bond acceptors (Lipinski definition) is 4. The van der Waals surface area contributed by atoms with Gasteiger partial charge in [0.25, 0.3) is 0 Å². The highest BCUT2D eigenvalue weighted by atomic mass is 32.2. The van der Waals surface area contributed by atoms with E-state index >= 15 is 0 Å². The molecular weight excluding hydrogens is 292 g/mol. The molecule has 0 aliphatic heterocycles. The Morgan fingerprint density at radius 2 is 1.90 bits per heavy atom. The standard InChI is InChI=1S/C14H12N2O2S2/c1-9-6-7-10(20(15,17)18)8-11(9)14-16-12-4-2-3-5-13(12)19-14/h2-8H,1H3,(H2,15,17,18). The number of nitrogens with zero attached hydrogens (tertiary/aromatic N) is 1. The van der Waals surface area contributed by atoms with Gasteiger partial charge < -0.3 is 0 Å². The van der Waals surface area contributed by atoms with E-state index in [4.69, 9.17) is 5.14 Å². The van der Waals surface area contributed by atoms with E-state index < -0.39 is 10.0 Å². The third-order valence-electron chi connectivity index (χ3n) is 3.06. The predicted octanol–water partition coefficient (Wildman–Crippen LogP) is 2.92. The van der Waals surface area contributed by atoms with E-state index in [0.29, 0.717) is 0 Å². The van der Waals surface area contributed by atoms with Crippen LogP contribution in [0.15, 0.2) is 47.4 Å². The monoisotopic (exact) mass is 304 g/mol. The van der Waals surface area contributed by atoms with Crippen LogP contribution in [0.5, 0.6) is 0 Å². The van der Waals surface area contributed by atoms with Crippen LogP contribution >= 0.6 is 11.3 Å². The highest BCUT2D eigenvalue weighted by Gasteiger charge is 2.13. The van der Waals surface area contributed by atoms with Crippen LogP contribution in [0.3, 0.4) is 0 Å². The van der Waals surface area contributed by atoms with Crippen LogP contribution in [0.1, 0.15) is 5.56 Å². The number of hydrogen-bond donors (Lipinski definition) is 1. The molecule has 0 aliphatic rings. The highest BCUT2D eigenvalue weighted by Crippen LogP contribution is 2.32. The van der Waals surface area contributed by atoms with Crippen LogP contribution < -0.4 is 5.14 Å². The Kier molecular flexibility index (Phi) is 3.08. The minimum Gasteiger partial charge on any atom is -0.236 e. The summed E-state index contributed by atoms with van der Waals surface area (Å²) in [6, 6.07) is 12.7. The Hall–Kier alpha value is -1.76. The van der Waals surface area contributed by atoms with Gasteiger partial charge in [-0.2, -0.15) is 0 Å². The van der Waals surface area contributed by atoms with Crippen molar-refractivity contribution in [3.63, 3.8) is 0 Å². The molecule has 0 bridgehead atoms. The molecule has 102 valence electrons. The van der Waals surface area contributed by atoms with Gasteiger partial charge in [0.2, 0.25) is 10.0 Å². The van der Waals surface area contributed by atoms with Crippen molar-refractivity contribution < 1.29 is 8.42 Å². The number of nitrogens with two attached hydrogens (primary N) is 1. The van der Waals surface area contributed by atoms with E-state index in [0.717, 1.165) is 26.4 Å². The molecule has 0 unspecified atom stereocenters. The number of aryl methyl sites for hydroxylation is 1. The van der Waals surface area contributed by atoms with Crippen LogP contribution in [0.2, 0.25) is 0 Å². The SMILES string of the molecule is Cc1ccc(S(N)(=O)=O)cc1-c1nc2ccccc2s1. The Morgan fingerprint density at radius 3 is 2.60 bits per heavy atom. The minimum atomic E-state index is -3.70. The van der Waals surface area contributed by atoms with Gasteiger partial charge in [-0.3, -0.25) is 0 Å². The summed E-state index contributed by atoms with van der Waals surface area (Å²) in [5.41, 5.74) is 2.68. The van der Waals surface area contributed by atoms with Crippen LogP contribution in [0.25, 0.3) is 20.8 Å². The number of sulfonamides is 1. The first-order chi connectivity index (χ1) is 9.45. The van der Waals surface area contributed by atoms with E-state index in [9.17, 15) is 8.42 Å². The second-order valence-electron chi connectivity index (χ2n) is 4.51.